The Kier molecular flexibility index (Phi) is 6.96. The molecule has 4 nitrogen and oxygen atoms in total. The molecule has 1 aromatic rings. The molecule has 0 aliphatic carbocycles. The zero-order valence-corrected chi connectivity index (χ0v) is 13.2. The largest absolute Gasteiger partial charge is 0.359 e. The minimum atomic E-state index is -0.383. The number of rotatable bonds is 7. The molecule has 0 aliphatic heterocycles. The standard InChI is InChI=1S/C16H21ClN2O2/c1-4-11(2)14(8-9-15(20)18-3)16(21)19-13-7-5-6-12(17)10-13/h5-7,10,14H,2,4,8-9H2,1,3H3,(H,18,20)(H,19,21). The topological polar surface area (TPSA) is 58.2 Å². The highest BCUT2D eigenvalue weighted by atomic mass is 35.5. The summed E-state index contributed by atoms with van der Waals surface area (Å²) in [7, 11) is 1.58. The van der Waals surface area contributed by atoms with Crippen LogP contribution in [0.5, 0.6) is 0 Å². The smallest absolute Gasteiger partial charge is 0.231 e. The predicted molar refractivity (Wildman–Crippen MR) is 86.3 cm³/mol. The number of nitrogens with one attached hydrogen (secondary N) is 2. The van der Waals surface area contributed by atoms with Crippen LogP contribution < -0.4 is 10.6 Å². The number of halogens is 1. The van der Waals surface area contributed by atoms with E-state index in [0.29, 0.717) is 30.0 Å². The van der Waals surface area contributed by atoms with Crippen LogP contribution in [0.25, 0.3) is 0 Å². The molecule has 0 saturated heterocycles. The first-order valence-electron chi connectivity index (χ1n) is 6.92. The molecule has 1 aromatic carbocycles. The van der Waals surface area contributed by atoms with Gasteiger partial charge in [-0.15, -0.1) is 0 Å². The van der Waals surface area contributed by atoms with Crippen LogP contribution in [0.2, 0.25) is 5.02 Å². The third-order valence-corrected chi connectivity index (χ3v) is 3.53. The summed E-state index contributed by atoms with van der Waals surface area (Å²) in [6.45, 7) is 5.89. The van der Waals surface area contributed by atoms with Crippen molar-refractivity contribution in [2.24, 2.45) is 5.92 Å². The van der Waals surface area contributed by atoms with Crippen LogP contribution in [0, 0.1) is 5.92 Å². The van der Waals surface area contributed by atoms with E-state index in [1.807, 2.05) is 6.92 Å². The fourth-order valence-corrected chi connectivity index (χ4v) is 2.15. The van der Waals surface area contributed by atoms with E-state index < -0.39 is 0 Å². The molecule has 5 heteroatoms. The molecule has 0 fully saturated rings. The van der Waals surface area contributed by atoms with Gasteiger partial charge in [0.05, 0.1) is 5.92 Å². The van der Waals surface area contributed by atoms with Gasteiger partial charge in [-0.1, -0.05) is 36.7 Å². The van der Waals surface area contributed by atoms with E-state index in [2.05, 4.69) is 17.2 Å². The lowest BCUT2D eigenvalue weighted by molar-refractivity contribution is -0.121. The van der Waals surface area contributed by atoms with Crippen molar-refractivity contribution >= 4 is 29.1 Å². The van der Waals surface area contributed by atoms with Gasteiger partial charge in [0.2, 0.25) is 11.8 Å². The normalized spacial score (nSPS) is 11.6. The van der Waals surface area contributed by atoms with Gasteiger partial charge in [0.15, 0.2) is 0 Å². The summed E-state index contributed by atoms with van der Waals surface area (Å²) >= 11 is 5.90. The molecule has 0 aliphatic rings. The summed E-state index contributed by atoms with van der Waals surface area (Å²) in [6.07, 6.45) is 1.43. The van der Waals surface area contributed by atoms with Crippen molar-refractivity contribution in [3.05, 3.63) is 41.4 Å². The Bertz CT molecular complexity index is 529. The molecule has 0 radical (unpaired) electrons. The predicted octanol–water partition coefficient (Wildman–Crippen LogP) is 3.39. The summed E-state index contributed by atoms with van der Waals surface area (Å²) in [4.78, 5) is 23.7. The Morgan fingerprint density at radius 3 is 2.67 bits per heavy atom. The lowest BCUT2D eigenvalue weighted by atomic mass is 9.92. The van der Waals surface area contributed by atoms with Crippen molar-refractivity contribution in [1.29, 1.82) is 0 Å². The van der Waals surface area contributed by atoms with Gasteiger partial charge in [-0.05, 0) is 31.0 Å². The second kappa shape index (κ2) is 8.47. The summed E-state index contributed by atoms with van der Waals surface area (Å²) in [5.74, 6) is -0.626. The van der Waals surface area contributed by atoms with Crippen LogP contribution in [0.1, 0.15) is 26.2 Å². The quantitative estimate of drug-likeness (QED) is 0.759. The number of hydrogen-bond acceptors (Lipinski definition) is 2. The number of benzene rings is 1. The molecule has 1 atom stereocenters. The maximum Gasteiger partial charge on any atom is 0.231 e. The molecule has 2 amide bonds. The molecule has 2 N–H and O–H groups in total. The summed E-state index contributed by atoms with van der Waals surface area (Å²) in [5.41, 5.74) is 1.46. The minimum Gasteiger partial charge on any atom is -0.359 e. The van der Waals surface area contributed by atoms with Gasteiger partial charge in [0, 0.05) is 24.2 Å². The first-order chi connectivity index (χ1) is 9.97. The van der Waals surface area contributed by atoms with Crippen molar-refractivity contribution in [2.75, 3.05) is 12.4 Å². The van der Waals surface area contributed by atoms with Crippen LogP contribution in [0.15, 0.2) is 36.4 Å². The first-order valence-corrected chi connectivity index (χ1v) is 7.30. The van der Waals surface area contributed by atoms with Gasteiger partial charge >= 0.3 is 0 Å². The van der Waals surface area contributed by atoms with Crippen LogP contribution in [-0.2, 0) is 9.59 Å². The average Bonchev–Trinajstić information content (AvgIpc) is 2.46. The monoisotopic (exact) mass is 308 g/mol. The van der Waals surface area contributed by atoms with E-state index >= 15 is 0 Å². The number of carbonyl (C=O) groups excluding carboxylic acids is 2. The van der Waals surface area contributed by atoms with Gasteiger partial charge < -0.3 is 10.6 Å². The molecular weight excluding hydrogens is 288 g/mol. The van der Waals surface area contributed by atoms with E-state index in [1.54, 1.807) is 31.3 Å². The molecule has 1 rings (SSSR count). The second-order valence-corrected chi connectivity index (χ2v) is 5.21. The molecule has 0 bridgehead atoms. The SMILES string of the molecule is C=C(CC)C(CCC(=O)NC)C(=O)Nc1cccc(Cl)c1. The molecule has 1 unspecified atom stereocenters. The zero-order chi connectivity index (χ0) is 15.8. The van der Waals surface area contributed by atoms with Crippen LogP contribution in [0.4, 0.5) is 5.69 Å². The Balaban J connectivity index is 2.75. The molecular formula is C16H21ClN2O2. The minimum absolute atomic E-state index is 0.0838. The van der Waals surface area contributed by atoms with Gasteiger partial charge in [-0.2, -0.15) is 0 Å². The maximum absolute atomic E-state index is 12.4. The Morgan fingerprint density at radius 1 is 1.38 bits per heavy atom. The number of amides is 2. The van der Waals surface area contributed by atoms with Crippen molar-refractivity contribution < 1.29 is 9.59 Å². The van der Waals surface area contributed by atoms with Crippen LogP contribution >= 0.6 is 11.6 Å². The van der Waals surface area contributed by atoms with Gasteiger partial charge in [0.25, 0.3) is 0 Å². The molecule has 21 heavy (non-hydrogen) atoms. The fraction of sp³-hybridized carbons (Fsp3) is 0.375. The van der Waals surface area contributed by atoms with Crippen LogP contribution in [-0.4, -0.2) is 18.9 Å². The van der Waals surface area contributed by atoms with Crippen molar-refractivity contribution in [1.82, 2.24) is 5.32 Å². The van der Waals surface area contributed by atoms with Crippen molar-refractivity contribution in [3.8, 4) is 0 Å². The highest BCUT2D eigenvalue weighted by molar-refractivity contribution is 6.30. The fourth-order valence-electron chi connectivity index (χ4n) is 1.96. The molecule has 0 saturated carbocycles. The van der Waals surface area contributed by atoms with Gasteiger partial charge in [0.1, 0.15) is 0 Å². The number of carbonyl (C=O) groups is 2. The lowest BCUT2D eigenvalue weighted by Gasteiger charge is -2.18. The van der Waals surface area contributed by atoms with E-state index in [9.17, 15) is 9.59 Å². The maximum atomic E-state index is 12.4. The highest BCUT2D eigenvalue weighted by Crippen LogP contribution is 2.22. The molecule has 0 heterocycles. The van der Waals surface area contributed by atoms with E-state index in [-0.39, 0.29) is 17.7 Å². The van der Waals surface area contributed by atoms with Crippen LogP contribution in [0.3, 0.4) is 0 Å². The molecule has 0 aromatic heterocycles. The second-order valence-electron chi connectivity index (χ2n) is 4.78. The zero-order valence-electron chi connectivity index (χ0n) is 12.4. The summed E-state index contributed by atoms with van der Waals surface area (Å²) in [6, 6.07) is 6.97. The van der Waals surface area contributed by atoms with Crippen molar-refractivity contribution in [2.45, 2.75) is 26.2 Å². The Hall–Kier alpha value is -1.81. The summed E-state index contributed by atoms with van der Waals surface area (Å²) in [5, 5.41) is 5.94. The Morgan fingerprint density at radius 2 is 2.10 bits per heavy atom. The first kappa shape index (κ1) is 17.2. The Labute approximate surface area is 130 Å². The molecule has 0 spiro atoms. The average molecular weight is 309 g/mol. The molecule has 114 valence electrons. The number of anilines is 1. The van der Waals surface area contributed by atoms with Gasteiger partial charge in [-0.3, -0.25) is 9.59 Å². The van der Waals surface area contributed by atoms with E-state index in [1.165, 1.54) is 0 Å². The van der Waals surface area contributed by atoms with Gasteiger partial charge in [-0.25, -0.2) is 0 Å². The van der Waals surface area contributed by atoms with E-state index in [0.717, 1.165) is 5.57 Å². The lowest BCUT2D eigenvalue weighted by Crippen LogP contribution is -2.26. The van der Waals surface area contributed by atoms with Crippen molar-refractivity contribution in [3.63, 3.8) is 0 Å². The highest BCUT2D eigenvalue weighted by Gasteiger charge is 2.21. The summed E-state index contributed by atoms with van der Waals surface area (Å²) < 4.78 is 0. The third kappa shape index (κ3) is 5.60. The third-order valence-electron chi connectivity index (χ3n) is 3.29. The number of hydrogen-bond donors (Lipinski definition) is 2. The van der Waals surface area contributed by atoms with E-state index in [4.69, 9.17) is 11.6 Å².